The van der Waals surface area contributed by atoms with Crippen molar-refractivity contribution >= 4 is 41.6 Å². The predicted molar refractivity (Wildman–Crippen MR) is 98.5 cm³/mol. The molecule has 0 aliphatic rings. The highest BCUT2D eigenvalue weighted by Gasteiger charge is 2.30. The topological polar surface area (TPSA) is 263 Å². The lowest BCUT2D eigenvalue weighted by Crippen LogP contribution is -2.56. The van der Waals surface area contributed by atoms with Crippen molar-refractivity contribution in [2.24, 2.45) is 5.73 Å². The molecular formula is C16H24N4O11. The second-order valence-electron chi connectivity index (χ2n) is 6.25. The molecule has 0 aromatic heterocycles. The molecule has 15 heteroatoms. The third kappa shape index (κ3) is 11.7. The Balaban J connectivity index is 5.48. The average molecular weight is 448 g/mol. The van der Waals surface area contributed by atoms with E-state index < -0.39 is 92.0 Å². The molecule has 15 nitrogen and oxygen atoms in total. The van der Waals surface area contributed by atoms with Crippen LogP contribution in [0.25, 0.3) is 0 Å². The van der Waals surface area contributed by atoms with E-state index in [9.17, 15) is 33.6 Å². The van der Waals surface area contributed by atoms with Gasteiger partial charge in [-0.2, -0.15) is 0 Å². The number of nitrogens with one attached hydrogen (secondary N) is 3. The molecule has 31 heavy (non-hydrogen) atoms. The van der Waals surface area contributed by atoms with Crippen LogP contribution in [0.2, 0.25) is 0 Å². The molecule has 3 unspecified atom stereocenters. The molecule has 0 aromatic rings. The van der Waals surface area contributed by atoms with E-state index in [-0.39, 0.29) is 6.42 Å². The van der Waals surface area contributed by atoms with E-state index in [1.807, 2.05) is 5.32 Å². The standard InChI is InChI=1S/C16H24N4O11/c17-6-10(21)18-7(1-3-11(22)23)14(28)19-8(2-4-12(24)25)15(29)20-9(16(30)31)5-13(26)27/h7-9H,1-6,17H2,(H,18,21)(H,19,28)(H,20,29)(H,22,23)(H,24,25)(H,26,27)(H,30,31). The minimum Gasteiger partial charge on any atom is -0.481 e. The summed E-state index contributed by atoms with van der Waals surface area (Å²) in [5.74, 6) is -8.84. The zero-order chi connectivity index (χ0) is 24.1. The summed E-state index contributed by atoms with van der Waals surface area (Å²) in [6.07, 6.45) is -3.01. The number of carbonyl (C=O) groups is 7. The van der Waals surface area contributed by atoms with Gasteiger partial charge in [0.25, 0.3) is 0 Å². The zero-order valence-corrected chi connectivity index (χ0v) is 16.2. The predicted octanol–water partition coefficient (Wildman–Crippen LogP) is -3.31. The van der Waals surface area contributed by atoms with Crippen LogP contribution in [0, 0.1) is 0 Å². The van der Waals surface area contributed by atoms with Gasteiger partial charge in [-0.1, -0.05) is 0 Å². The van der Waals surface area contributed by atoms with Crippen LogP contribution in [-0.2, 0) is 33.6 Å². The summed E-state index contributed by atoms with van der Waals surface area (Å²) < 4.78 is 0. The molecule has 0 aliphatic heterocycles. The molecule has 0 bridgehead atoms. The highest BCUT2D eigenvalue weighted by atomic mass is 16.4. The van der Waals surface area contributed by atoms with E-state index >= 15 is 0 Å². The van der Waals surface area contributed by atoms with Gasteiger partial charge in [0.05, 0.1) is 13.0 Å². The van der Waals surface area contributed by atoms with Gasteiger partial charge in [0.2, 0.25) is 17.7 Å². The van der Waals surface area contributed by atoms with Gasteiger partial charge in [-0.15, -0.1) is 0 Å². The molecule has 0 radical (unpaired) electrons. The van der Waals surface area contributed by atoms with E-state index in [1.54, 1.807) is 0 Å². The molecule has 0 heterocycles. The van der Waals surface area contributed by atoms with Gasteiger partial charge in [0.15, 0.2) is 0 Å². The number of hydrogen-bond donors (Lipinski definition) is 8. The van der Waals surface area contributed by atoms with E-state index in [0.717, 1.165) is 0 Å². The Kier molecular flexibility index (Phi) is 11.8. The van der Waals surface area contributed by atoms with Crippen molar-refractivity contribution in [3.8, 4) is 0 Å². The van der Waals surface area contributed by atoms with Crippen LogP contribution in [0.5, 0.6) is 0 Å². The van der Waals surface area contributed by atoms with Gasteiger partial charge in [0, 0.05) is 12.8 Å². The highest BCUT2D eigenvalue weighted by molar-refractivity contribution is 5.94. The minimum absolute atomic E-state index is 0.378. The number of carboxylic acids is 4. The summed E-state index contributed by atoms with van der Waals surface area (Å²) in [5, 5.41) is 41.5. The van der Waals surface area contributed by atoms with Gasteiger partial charge in [0.1, 0.15) is 18.1 Å². The van der Waals surface area contributed by atoms with Crippen molar-refractivity contribution in [3.63, 3.8) is 0 Å². The Labute approximate surface area is 175 Å². The van der Waals surface area contributed by atoms with Gasteiger partial charge in [-0.05, 0) is 12.8 Å². The van der Waals surface area contributed by atoms with Crippen molar-refractivity contribution in [3.05, 3.63) is 0 Å². The first kappa shape index (κ1) is 27.2. The normalized spacial score (nSPS) is 13.2. The van der Waals surface area contributed by atoms with Crippen LogP contribution in [0.15, 0.2) is 0 Å². The number of carbonyl (C=O) groups excluding carboxylic acids is 3. The Bertz CT molecular complexity index is 724. The smallest absolute Gasteiger partial charge is 0.326 e. The summed E-state index contributed by atoms with van der Waals surface area (Å²) in [6, 6.07) is -4.89. The molecule has 0 saturated carbocycles. The van der Waals surface area contributed by atoms with Crippen molar-refractivity contribution in [1.82, 2.24) is 16.0 Å². The third-order valence-corrected chi connectivity index (χ3v) is 3.76. The summed E-state index contributed by atoms with van der Waals surface area (Å²) in [4.78, 5) is 79.8. The van der Waals surface area contributed by atoms with Gasteiger partial charge in [-0.3, -0.25) is 28.8 Å². The van der Waals surface area contributed by atoms with Gasteiger partial charge in [-0.25, -0.2) is 4.79 Å². The Morgan fingerprint density at radius 2 is 1.06 bits per heavy atom. The SMILES string of the molecule is NCC(=O)NC(CCC(=O)O)C(=O)NC(CCC(=O)O)C(=O)NC(CC(=O)O)C(=O)O. The fourth-order valence-corrected chi connectivity index (χ4v) is 2.25. The molecule has 9 N–H and O–H groups in total. The Hall–Kier alpha value is -3.75. The van der Waals surface area contributed by atoms with Crippen molar-refractivity contribution in [2.75, 3.05) is 6.54 Å². The fourth-order valence-electron chi connectivity index (χ4n) is 2.25. The van der Waals surface area contributed by atoms with E-state index in [2.05, 4.69) is 10.6 Å². The van der Waals surface area contributed by atoms with Crippen molar-refractivity contribution in [2.45, 2.75) is 50.2 Å². The van der Waals surface area contributed by atoms with Crippen LogP contribution in [0.1, 0.15) is 32.1 Å². The Morgan fingerprint density at radius 3 is 1.42 bits per heavy atom. The largest absolute Gasteiger partial charge is 0.481 e. The monoisotopic (exact) mass is 448 g/mol. The third-order valence-electron chi connectivity index (χ3n) is 3.76. The molecule has 0 rings (SSSR count). The summed E-state index contributed by atoms with van der Waals surface area (Å²) in [7, 11) is 0. The minimum atomic E-state index is -1.85. The van der Waals surface area contributed by atoms with Crippen molar-refractivity contribution in [1.29, 1.82) is 0 Å². The van der Waals surface area contributed by atoms with Crippen molar-refractivity contribution < 1.29 is 54.0 Å². The molecular weight excluding hydrogens is 424 g/mol. The molecule has 174 valence electrons. The maximum atomic E-state index is 12.5. The quantitative estimate of drug-likeness (QED) is 0.122. The van der Waals surface area contributed by atoms with Crippen LogP contribution in [0.4, 0.5) is 0 Å². The summed E-state index contributed by atoms with van der Waals surface area (Å²) >= 11 is 0. The van der Waals surface area contributed by atoms with E-state index in [1.165, 1.54) is 0 Å². The molecule has 0 aliphatic carbocycles. The number of carboxylic acid groups (broad SMARTS) is 4. The molecule has 0 aromatic carbocycles. The second kappa shape index (κ2) is 13.5. The average Bonchev–Trinajstić information content (AvgIpc) is 2.66. The second-order valence-corrected chi connectivity index (χ2v) is 6.25. The zero-order valence-electron chi connectivity index (χ0n) is 16.2. The number of nitrogens with two attached hydrogens (primary N) is 1. The molecule has 3 atom stereocenters. The maximum Gasteiger partial charge on any atom is 0.326 e. The summed E-state index contributed by atoms with van der Waals surface area (Å²) in [5.41, 5.74) is 5.14. The lowest BCUT2D eigenvalue weighted by atomic mass is 10.1. The number of rotatable bonds is 15. The molecule has 0 fully saturated rings. The lowest BCUT2D eigenvalue weighted by molar-refractivity contribution is -0.147. The molecule has 3 amide bonds. The van der Waals surface area contributed by atoms with Gasteiger partial charge < -0.3 is 42.1 Å². The molecule has 0 spiro atoms. The van der Waals surface area contributed by atoms with Crippen LogP contribution < -0.4 is 21.7 Å². The van der Waals surface area contributed by atoms with Crippen LogP contribution >= 0.6 is 0 Å². The first-order valence-electron chi connectivity index (χ1n) is 8.85. The molecule has 0 saturated heterocycles. The van der Waals surface area contributed by atoms with Gasteiger partial charge >= 0.3 is 23.9 Å². The van der Waals surface area contributed by atoms with E-state index in [0.29, 0.717) is 0 Å². The first-order valence-corrected chi connectivity index (χ1v) is 8.85. The van der Waals surface area contributed by atoms with Crippen LogP contribution in [-0.4, -0.2) is 86.7 Å². The highest BCUT2D eigenvalue weighted by Crippen LogP contribution is 2.04. The van der Waals surface area contributed by atoms with Crippen LogP contribution in [0.3, 0.4) is 0 Å². The lowest BCUT2D eigenvalue weighted by Gasteiger charge is -2.23. The Morgan fingerprint density at radius 1 is 0.645 bits per heavy atom. The number of aliphatic carboxylic acids is 4. The number of amides is 3. The number of hydrogen-bond acceptors (Lipinski definition) is 8. The summed E-state index contributed by atoms with van der Waals surface area (Å²) in [6.45, 7) is -0.519. The first-order chi connectivity index (χ1) is 14.4. The maximum absolute atomic E-state index is 12.5. The fraction of sp³-hybridized carbons (Fsp3) is 0.562. The van der Waals surface area contributed by atoms with E-state index in [4.69, 9.17) is 26.2 Å².